The van der Waals surface area contributed by atoms with Crippen molar-refractivity contribution in [3.63, 3.8) is 0 Å². The summed E-state index contributed by atoms with van der Waals surface area (Å²) in [5.74, 6) is 0. The first-order valence-corrected chi connectivity index (χ1v) is 7.35. The third-order valence-electron chi connectivity index (χ3n) is 2.58. The normalized spacial score (nSPS) is 12.5. The van der Waals surface area contributed by atoms with Crippen LogP contribution in [0.2, 0.25) is 0 Å². The second kappa shape index (κ2) is 7.82. The Balaban J connectivity index is 2.49. The molecule has 0 aliphatic rings. The summed E-state index contributed by atoms with van der Waals surface area (Å²) in [6.07, 6.45) is 7.10. The van der Waals surface area contributed by atoms with Crippen molar-refractivity contribution in [2.45, 2.75) is 39.3 Å². The largest absolute Gasteiger partial charge is 0.383 e. The minimum atomic E-state index is 0.175. The molecule has 1 N–H and O–H groups in total. The fraction of sp³-hybridized carbons (Fsp3) is 0.643. The SMILES string of the molecule is COCCn1ncc(Br)c1/C=C/CCNC(C)(C)C. The lowest BCUT2D eigenvalue weighted by molar-refractivity contribution is 0.183. The van der Waals surface area contributed by atoms with Crippen molar-refractivity contribution in [1.29, 1.82) is 0 Å². The number of nitrogens with one attached hydrogen (secondary N) is 1. The predicted molar refractivity (Wildman–Crippen MR) is 83.2 cm³/mol. The first-order chi connectivity index (χ1) is 8.94. The third kappa shape index (κ3) is 6.36. The molecule has 0 atom stereocenters. The van der Waals surface area contributed by atoms with Crippen LogP contribution in [0.15, 0.2) is 16.7 Å². The highest BCUT2D eigenvalue weighted by molar-refractivity contribution is 9.10. The number of nitrogens with zero attached hydrogens (tertiary/aromatic N) is 2. The Morgan fingerprint density at radius 3 is 2.84 bits per heavy atom. The Hall–Kier alpha value is -0.650. The maximum Gasteiger partial charge on any atom is 0.0750 e. The van der Waals surface area contributed by atoms with Gasteiger partial charge >= 0.3 is 0 Å². The molecule has 0 amide bonds. The second-order valence-corrected chi connectivity index (χ2v) is 6.32. The van der Waals surface area contributed by atoms with E-state index in [0.29, 0.717) is 6.61 Å². The third-order valence-corrected chi connectivity index (χ3v) is 3.19. The predicted octanol–water partition coefficient (Wildman–Crippen LogP) is 3.08. The van der Waals surface area contributed by atoms with E-state index in [2.05, 4.69) is 59.3 Å². The van der Waals surface area contributed by atoms with Crippen LogP contribution in [-0.4, -0.2) is 35.6 Å². The van der Waals surface area contributed by atoms with Gasteiger partial charge in [0.15, 0.2) is 0 Å². The average molecular weight is 330 g/mol. The minimum Gasteiger partial charge on any atom is -0.383 e. The van der Waals surface area contributed by atoms with Gasteiger partial charge < -0.3 is 10.1 Å². The Labute approximate surface area is 124 Å². The standard InChI is InChI=1S/C14H24BrN3O/c1-14(2,3)16-8-6-5-7-13-12(15)11-17-18(13)9-10-19-4/h5,7,11,16H,6,8-10H2,1-4H3/b7-5+. The molecule has 5 heteroatoms. The monoisotopic (exact) mass is 329 g/mol. The first kappa shape index (κ1) is 16.4. The summed E-state index contributed by atoms with van der Waals surface area (Å²) < 4.78 is 8.04. The molecule has 0 aliphatic carbocycles. The molecule has 0 radical (unpaired) electrons. The van der Waals surface area contributed by atoms with E-state index in [9.17, 15) is 0 Å². The van der Waals surface area contributed by atoms with Crippen molar-refractivity contribution >= 4 is 22.0 Å². The molecule has 0 fully saturated rings. The van der Waals surface area contributed by atoms with Crippen LogP contribution in [0.1, 0.15) is 32.9 Å². The number of methoxy groups -OCH3 is 1. The van der Waals surface area contributed by atoms with E-state index in [1.807, 2.05) is 10.9 Å². The molecule has 0 saturated heterocycles. The van der Waals surface area contributed by atoms with Gasteiger partial charge in [-0.05, 0) is 55.7 Å². The highest BCUT2D eigenvalue weighted by Gasteiger charge is 2.07. The fourth-order valence-electron chi connectivity index (χ4n) is 1.62. The average Bonchev–Trinajstić information content (AvgIpc) is 2.66. The van der Waals surface area contributed by atoms with Gasteiger partial charge in [0.2, 0.25) is 0 Å². The Morgan fingerprint density at radius 1 is 1.47 bits per heavy atom. The van der Waals surface area contributed by atoms with Crippen LogP contribution in [0.3, 0.4) is 0 Å². The van der Waals surface area contributed by atoms with Crippen LogP contribution >= 0.6 is 15.9 Å². The first-order valence-electron chi connectivity index (χ1n) is 6.56. The number of halogens is 1. The van der Waals surface area contributed by atoms with Gasteiger partial charge in [-0.3, -0.25) is 4.68 Å². The molecular formula is C14H24BrN3O. The van der Waals surface area contributed by atoms with Crippen LogP contribution < -0.4 is 5.32 Å². The number of aromatic nitrogens is 2. The Kier molecular flexibility index (Phi) is 6.75. The molecule has 0 bridgehead atoms. The van der Waals surface area contributed by atoms with Crippen molar-refractivity contribution in [1.82, 2.24) is 15.1 Å². The summed E-state index contributed by atoms with van der Waals surface area (Å²) >= 11 is 3.52. The van der Waals surface area contributed by atoms with Gasteiger partial charge in [-0.2, -0.15) is 5.10 Å². The maximum atomic E-state index is 5.08. The van der Waals surface area contributed by atoms with Gasteiger partial charge in [-0.25, -0.2) is 0 Å². The molecule has 0 spiro atoms. The zero-order chi connectivity index (χ0) is 14.3. The van der Waals surface area contributed by atoms with Crippen molar-refractivity contribution < 1.29 is 4.74 Å². The van der Waals surface area contributed by atoms with Crippen molar-refractivity contribution in [3.05, 3.63) is 22.4 Å². The fourth-order valence-corrected chi connectivity index (χ4v) is 2.05. The summed E-state index contributed by atoms with van der Waals surface area (Å²) in [6.45, 7) is 8.93. The van der Waals surface area contributed by atoms with E-state index >= 15 is 0 Å². The second-order valence-electron chi connectivity index (χ2n) is 5.46. The van der Waals surface area contributed by atoms with Crippen LogP contribution in [0.25, 0.3) is 6.08 Å². The lowest BCUT2D eigenvalue weighted by Gasteiger charge is -2.19. The highest BCUT2D eigenvalue weighted by Crippen LogP contribution is 2.17. The lowest BCUT2D eigenvalue weighted by atomic mass is 10.1. The highest BCUT2D eigenvalue weighted by atomic mass is 79.9. The molecule has 1 aromatic heterocycles. The molecule has 1 aromatic rings. The molecule has 0 saturated carbocycles. The van der Waals surface area contributed by atoms with E-state index in [0.717, 1.165) is 29.7 Å². The van der Waals surface area contributed by atoms with E-state index in [1.165, 1.54) is 0 Å². The van der Waals surface area contributed by atoms with Crippen LogP contribution in [-0.2, 0) is 11.3 Å². The molecule has 0 aromatic carbocycles. The smallest absolute Gasteiger partial charge is 0.0750 e. The summed E-state index contributed by atoms with van der Waals surface area (Å²) in [5, 5.41) is 7.77. The van der Waals surface area contributed by atoms with Crippen molar-refractivity contribution in [3.8, 4) is 0 Å². The van der Waals surface area contributed by atoms with Crippen molar-refractivity contribution in [2.75, 3.05) is 20.3 Å². The van der Waals surface area contributed by atoms with E-state index in [4.69, 9.17) is 4.74 Å². The summed E-state index contributed by atoms with van der Waals surface area (Å²) in [5.41, 5.74) is 1.27. The summed E-state index contributed by atoms with van der Waals surface area (Å²) in [4.78, 5) is 0. The quantitative estimate of drug-likeness (QED) is 0.781. The van der Waals surface area contributed by atoms with E-state index in [1.54, 1.807) is 7.11 Å². The molecular weight excluding hydrogens is 306 g/mol. The van der Waals surface area contributed by atoms with E-state index in [-0.39, 0.29) is 5.54 Å². The Bertz CT molecular complexity index is 407. The van der Waals surface area contributed by atoms with Crippen LogP contribution in [0, 0.1) is 0 Å². The molecule has 1 rings (SSSR count). The lowest BCUT2D eigenvalue weighted by Crippen LogP contribution is -2.36. The molecule has 0 unspecified atom stereocenters. The van der Waals surface area contributed by atoms with Crippen LogP contribution in [0.4, 0.5) is 0 Å². The van der Waals surface area contributed by atoms with Crippen molar-refractivity contribution in [2.24, 2.45) is 0 Å². The number of hydrogen-bond donors (Lipinski definition) is 1. The van der Waals surface area contributed by atoms with Gasteiger partial charge in [0.25, 0.3) is 0 Å². The zero-order valence-corrected chi connectivity index (χ0v) is 13.8. The molecule has 4 nitrogen and oxygen atoms in total. The van der Waals surface area contributed by atoms with Crippen LogP contribution in [0.5, 0.6) is 0 Å². The van der Waals surface area contributed by atoms with Gasteiger partial charge in [0, 0.05) is 12.6 Å². The summed E-state index contributed by atoms with van der Waals surface area (Å²) in [6, 6.07) is 0. The van der Waals surface area contributed by atoms with Gasteiger partial charge in [-0.15, -0.1) is 0 Å². The topological polar surface area (TPSA) is 39.1 Å². The zero-order valence-electron chi connectivity index (χ0n) is 12.2. The number of rotatable bonds is 7. The van der Waals surface area contributed by atoms with E-state index < -0.39 is 0 Å². The molecule has 19 heavy (non-hydrogen) atoms. The summed E-state index contributed by atoms with van der Waals surface area (Å²) in [7, 11) is 1.70. The van der Waals surface area contributed by atoms with Gasteiger partial charge in [0.1, 0.15) is 0 Å². The number of hydrogen-bond acceptors (Lipinski definition) is 3. The number of ether oxygens (including phenoxy) is 1. The molecule has 108 valence electrons. The minimum absolute atomic E-state index is 0.175. The van der Waals surface area contributed by atoms with Gasteiger partial charge in [0.05, 0.1) is 29.5 Å². The Morgan fingerprint density at radius 2 is 2.21 bits per heavy atom. The molecule has 1 heterocycles. The van der Waals surface area contributed by atoms with Gasteiger partial charge in [-0.1, -0.05) is 6.08 Å². The molecule has 0 aliphatic heterocycles. The maximum absolute atomic E-state index is 5.08.